The highest BCUT2D eigenvalue weighted by Gasteiger charge is 1.98. The maximum atomic E-state index is 10.3. The lowest BCUT2D eigenvalue weighted by molar-refractivity contribution is -0.133. The van der Waals surface area contributed by atoms with E-state index in [9.17, 15) is 4.79 Å². The first-order chi connectivity index (χ1) is 8.72. The molecule has 0 aromatic heterocycles. The van der Waals surface area contributed by atoms with Gasteiger partial charge in [0.25, 0.3) is 0 Å². The molecule has 1 N–H and O–H groups in total. The number of ether oxygens (including phenoxy) is 2. The highest BCUT2D eigenvalue weighted by molar-refractivity contribution is 7.99. The molecule has 1 aromatic carbocycles. The van der Waals surface area contributed by atoms with E-state index in [1.807, 2.05) is 24.3 Å². The predicted molar refractivity (Wildman–Crippen MR) is 72.7 cm³/mol. The van der Waals surface area contributed by atoms with E-state index in [1.54, 1.807) is 0 Å². The molecule has 0 atom stereocenters. The molecule has 1 rings (SSSR count). The maximum Gasteiger partial charge on any atom is 0.313 e. The van der Waals surface area contributed by atoms with Crippen LogP contribution in [0.3, 0.4) is 0 Å². The summed E-state index contributed by atoms with van der Waals surface area (Å²) < 4.78 is 10.9. The summed E-state index contributed by atoms with van der Waals surface area (Å²) in [4.78, 5) is 10.3. The van der Waals surface area contributed by atoms with Crippen molar-refractivity contribution in [2.24, 2.45) is 0 Å². The second kappa shape index (κ2) is 8.69. The first-order valence-corrected chi connectivity index (χ1v) is 7.03. The Balaban J connectivity index is 2.20. The largest absolute Gasteiger partial charge is 0.494 e. The number of thioether (sulfide) groups is 1. The number of benzene rings is 1. The number of carboxylic acids is 1. The average Bonchev–Trinajstić information content (AvgIpc) is 2.37. The number of carbonyl (C=O) groups is 1. The molecule has 0 saturated carbocycles. The van der Waals surface area contributed by atoms with Crippen LogP contribution in [-0.2, 0) is 4.79 Å². The van der Waals surface area contributed by atoms with Gasteiger partial charge in [-0.3, -0.25) is 4.79 Å². The molecule has 0 spiro atoms. The Labute approximate surface area is 111 Å². The molecule has 0 fully saturated rings. The molecule has 5 heteroatoms. The van der Waals surface area contributed by atoms with Crippen LogP contribution in [0.4, 0.5) is 0 Å². The van der Waals surface area contributed by atoms with Crippen LogP contribution in [0.5, 0.6) is 11.5 Å². The highest BCUT2D eigenvalue weighted by Crippen LogP contribution is 2.17. The summed E-state index contributed by atoms with van der Waals surface area (Å²) in [5, 5.41) is 8.46. The maximum absolute atomic E-state index is 10.3. The third kappa shape index (κ3) is 6.39. The van der Waals surface area contributed by atoms with Crippen molar-refractivity contribution in [3.05, 3.63) is 24.3 Å². The normalized spacial score (nSPS) is 10.1. The van der Waals surface area contributed by atoms with Crippen LogP contribution in [0.2, 0.25) is 0 Å². The lowest BCUT2D eigenvalue weighted by Gasteiger charge is -2.07. The van der Waals surface area contributed by atoms with Crippen LogP contribution in [0.1, 0.15) is 13.3 Å². The van der Waals surface area contributed by atoms with Crippen molar-refractivity contribution < 1.29 is 19.4 Å². The molecule has 0 saturated heterocycles. The molecule has 0 amide bonds. The molecular weight excluding hydrogens is 252 g/mol. The summed E-state index contributed by atoms with van der Waals surface area (Å²) >= 11 is 1.35. The Morgan fingerprint density at radius 2 is 1.72 bits per heavy atom. The zero-order valence-corrected chi connectivity index (χ0v) is 11.2. The van der Waals surface area contributed by atoms with Gasteiger partial charge in [0, 0.05) is 5.75 Å². The minimum Gasteiger partial charge on any atom is -0.494 e. The fourth-order valence-electron chi connectivity index (χ4n) is 1.23. The van der Waals surface area contributed by atoms with Crippen LogP contribution in [0.25, 0.3) is 0 Å². The summed E-state index contributed by atoms with van der Waals surface area (Å²) in [6.07, 6.45) is 0.985. The number of aliphatic carboxylic acids is 1. The van der Waals surface area contributed by atoms with E-state index in [4.69, 9.17) is 14.6 Å². The smallest absolute Gasteiger partial charge is 0.313 e. The molecule has 0 aliphatic heterocycles. The molecule has 0 radical (unpaired) electrons. The van der Waals surface area contributed by atoms with Crippen LogP contribution >= 0.6 is 11.8 Å². The zero-order valence-electron chi connectivity index (χ0n) is 10.4. The first-order valence-electron chi connectivity index (χ1n) is 5.87. The molecule has 100 valence electrons. The van der Waals surface area contributed by atoms with Gasteiger partial charge in [-0.15, -0.1) is 11.8 Å². The number of hydrogen-bond acceptors (Lipinski definition) is 4. The third-order valence-corrected chi connectivity index (χ3v) is 2.92. The van der Waals surface area contributed by atoms with Crippen LogP contribution in [-0.4, -0.2) is 35.8 Å². The summed E-state index contributed by atoms with van der Waals surface area (Å²) in [6, 6.07) is 7.45. The van der Waals surface area contributed by atoms with Gasteiger partial charge < -0.3 is 14.6 Å². The van der Waals surface area contributed by atoms with Gasteiger partial charge in [-0.2, -0.15) is 0 Å². The second-order valence-corrected chi connectivity index (χ2v) is 4.72. The third-order valence-electron chi connectivity index (χ3n) is 2.02. The van der Waals surface area contributed by atoms with Gasteiger partial charge in [0.15, 0.2) is 0 Å². The van der Waals surface area contributed by atoms with Crippen LogP contribution in [0.15, 0.2) is 24.3 Å². The van der Waals surface area contributed by atoms with Crippen molar-refractivity contribution in [2.45, 2.75) is 13.3 Å². The monoisotopic (exact) mass is 270 g/mol. The minimum atomic E-state index is -0.794. The van der Waals surface area contributed by atoms with E-state index in [2.05, 4.69) is 6.92 Å². The Morgan fingerprint density at radius 1 is 1.17 bits per heavy atom. The van der Waals surface area contributed by atoms with Gasteiger partial charge in [-0.05, 0) is 30.7 Å². The summed E-state index contributed by atoms with van der Waals surface area (Å²) in [5.74, 6) is 1.60. The summed E-state index contributed by atoms with van der Waals surface area (Å²) in [5.41, 5.74) is 0. The van der Waals surface area contributed by atoms with Gasteiger partial charge in [0.2, 0.25) is 0 Å². The molecule has 0 heterocycles. The number of rotatable bonds is 9. The van der Waals surface area contributed by atoms with Crippen molar-refractivity contribution >= 4 is 17.7 Å². The molecule has 18 heavy (non-hydrogen) atoms. The van der Waals surface area contributed by atoms with Crippen molar-refractivity contribution in [2.75, 3.05) is 24.7 Å². The lowest BCUT2D eigenvalue weighted by Crippen LogP contribution is -2.04. The van der Waals surface area contributed by atoms with E-state index < -0.39 is 5.97 Å². The highest BCUT2D eigenvalue weighted by atomic mass is 32.2. The second-order valence-electron chi connectivity index (χ2n) is 3.61. The van der Waals surface area contributed by atoms with Gasteiger partial charge in [-0.25, -0.2) is 0 Å². The summed E-state index contributed by atoms with van der Waals surface area (Å²) in [7, 11) is 0. The van der Waals surface area contributed by atoms with Crippen LogP contribution < -0.4 is 9.47 Å². The van der Waals surface area contributed by atoms with Crippen LogP contribution in [0, 0.1) is 0 Å². The minimum absolute atomic E-state index is 0.118. The van der Waals surface area contributed by atoms with Crippen molar-refractivity contribution in [3.63, 3.8) is 0 Å². The molecule has 0 aliphatic rings. The summed E-state index contributed by atoms with van der Waals surface area (Å²) in [6.45, 7) is 3.28. The topological polar surface area (TPSA) is 55.8 Å². The fraction of sp³-hybridized carbons (Fsp3) is 0.462. The van der Waals surface area contributed by atoms with Gasteiger partial charge in [-0.1, -0.05) is 6.92 Å². The average molecular weight is 270 g/mol. The standard InChI is InChI=1S/C13H18O4S/c1-2-7-16-11-3-5-12(6-4-11)17-8-9-18-10-13(14)15/h3-6H,2,7-10H2,1H3,(H,14,15). The molecule has 1 aromatic rings. The SMILES string of the molecule is CCCOc1ccc(OCCSCC(=O)O)cc1. The molecule has 0 aliphatic carbocycles. The molecule has 0 unspecified atom stereocenters. The first kappa shape index (κ1) is 14.7. The van der Waals surface area contributed by atoms with Gasteiger partial charge in [0.05, 0.1) is 19.0 Å². The quantitative estimate of drug-likeness (QED) is 0.699. The van der Waals surface area contributed by atoms with Crippen molar-refractivity contribution in [1.82, 2.24) is 0 Å². The van der Waals surface area contributed by atoms with Gasteiger partial charge >= 0.3 is 5.97 Å². The van der Waals surface area contributed by atoms with Gasteiger partial charge in [0.1, 0.15) is 11.5 Å². The molecule has 0 bridgehead atoms. The molecule has 4 nitrogen and oxygen atoms in total. The Kier molecular flexibility index (Phi) is 7.10. The Morgan fingerprint density at radius 3 is 2.22 bits per heavy atom. The van der Waals surface area contributed by atoms with Crippen molar-refractivity contribution in [1.29, 1.82) is 0 Å². The van der Waals surface area contributed by atoms with E-state index in [0.717, 1.165) is 17.9 Å². The molecular formula is C13H18O4S. The van der Waals surface area contributed by atoms with Crippen molar-refractivity contribution in [3.8, 4) is 11.5 Å². The number of hydrogen-bond donors (Lipinski definition) is 1. The number of carboxylic acid groups (broad SMARTS) is 1. The van der Waals surface area contributed by atoms with E-state index >= 15 is 0 Å². The lowest BCUT2D eigenvalue weighted by atomic mass is 10.3. The predicted octanol–water partition coefficient (Wildman–Crippen LogP) is 2.67. The Bertz CT molecular complexity index is 351. The fourth-order valence-corrected chi connectivity index (χ4v) is 1.75. The Hall–Kier alpha value is -1.36. The van der Waals surface area contributed by atoms with E-state index in [1.165, 1.54) is 11.8 Å². The zero-order chi connectivity index (χ0) is 13.2. The van der Waals surface area contributed by atoms with E-state index in [0.29, 0.717) is 19.0 Å². The van der Waals surface area contributed by atoms with E-state index in [-0.39, 0.29) is 5.75 Å².